The van der Waals surface area contributed by atoms with E-state index in [1.165, 1.54) is 48.4 Å². The number of ketones is 1. The van der Waals surface area contributed by atoms with E-state index in [4.69, 9.17) is 4.74 Å². The van der Waals surface area contributed by atoms with E-state index in [9.17, 15) is 24.2 Å². The first-order valence-corrected chi connectivity index (χ1v) is 11.0. The van der Waals surface area contributed by atoms with Crippen molar-refractivity contribution >= 4 is 17.4 Å². The van der Waals surface area contributed by atoms with Crippen LogP contribution in [0.4, 0.5) is 4.39 Å². The molecule has 1 unspecified atom stereocenters. The molecule has 1 fully saturated rings. The van der Waals surface area contributed by atoms with Crippen molar-refractivity contribution in [1.29, 1.82) is 0 Å². The second kappa shape index (κ2) is 10.5. The molecule has 0 bridgehead atoms. The molecule has 1 aliphatic heterocycles. The van der Waals surface area contributed by atoms with Crippen molar-refractivity contribution in [1.82, 2.24) is 9.80 Å². The van der Waals surface area contributed by atoms with Crippen LogP contribution < -0.4 is 4.74 Å². The number of aliphatic hydroxyl groups excluding tert-OH is 1. The molecule has 0 spiro atoms. The summed E-state index contributed by atoms with van der Waals surface area (Å²) in [4.78, 5) is 29.5. The standard InChI is InChI=1S/C25H29FN2O5/c1-4-27(5-2)13-8-14-28-22(17-9-6-7-10-19(17)26)21(24(31)25(28)32)23(30)18-12-11-16(33-3)15-20(18)29/h6-7,9-12,15,22,29-30H,4-5,8,13-14H2,1-3H3/b23-21+. The number of carbonyl (C=O) groups excluding carboxylic acids is 2. The quantitative estimate of drug-likeness (QED) is 0.340. The van der Waals surface area contributed by atoms with Gasteiger partial charge in [-0.1, -0.05) is 32.0 Å². The maximum atomic E-state index is 14.8. The predicted octanol–water partition coefficient (Wildman–Crippen LogP) is 3.69. The first-order chi connectivity index (χ1) is 15.8. The molecule has 2 aromatic rings. The summed E-state index contributed by atoms with van der Waals surface area (Å²) >= 11 is 0. The van der Waals surface area contributed by atoms with E-state index in [2.05, 4.69) is 4.90 Å². The highest BCUT2D eigenvalue weighted by Gasteiger charge is 2.46. The van der Waals surface area contributed by atoms with Gasteiger partial charge in [-0.15, -0.1) is 0 Å². The summed E-state index contributed by atoms with van der Waals surface area (Å²) in [6.07, 6.45) is 0.577. The van der Waals surface area contributed by atoms with Crippen LogP contribution in [0, 0.1) is 5.82 Å². The van der Waals surface area contributed by atoms with Crippen LogP contribution in [0.2, 0.25) is 0 Å². The van der Waals surface area contributed by atoms with Crippen LogP contribution in [0.3, 0.4) is 0 Å². The fourth-order valence-corrected chi connectivity index (χ4v) is 4.12. The third-order valence-electron chi connectivity index (χ3n) is 5.97. The topological polar surface area (TPSA) is 90.3 Å². The van der Waals surface area contributed by atoms with E-state index >= 15 is 0 Å². The number of carbonyl (C=O) groups is 2. The monoisotopic (exact) mass is 456 g/mol. The van der Waals surface area contributed by atoms with Crippen molar-refractivity contribution in [2.45, 2.75) is 26.3 Å². The van der Waals surface area contributed by atoms with Crippen molar-refractivity contribution in [2.24, 2.45) is 0 Å². The van der Waals surface area contributed by atoms with E-state index in [0.717, 1.165) is 13.1 Å². The molecule has 176 valence electrons. The number of ether oxygens (including phenoxy) is 1. The zero-order valence-corrected chi connectivity index (χ0v) is 19.0. The molecule has 0 aromatic heterocycles. The van der Waals surface area contributed by atoms with Crippen molar-refractivity contribution in [3.63, 3.8) is 0 Å². The van der Waals surface area contributed by atoms with Crippen molar-refractivity contribution in [3.8, 4) is 11.5 Å². The van der Waals surface area contributed by atoms with Crippen LogP contribution in [0.1, 0.15) is 37.4 Å². The molecule has 2 N–H and O–H groups in total. The van der Waals surface area contributed by atoms with Crippen LogP contribution in [0.15, 0.2) is 48.0 Å². The van der Waals surface area contributed by atoms with Crippen molar-refractivity contribution in [2.75, 3.05) is 33.3 Å². The Hall–Kier alpha value is -3.39. The van der Waals surface area contributed by atoms with E-state index in [1.807, 2.05) is 13.8 Å². The molecule has 7 nitrogen and oxygen atoms in total. The van der Waals surface area contributed by atoms with Gasteiger partial charge in [-0.25, -0.2) is 4.39 Å². The van der Waals surface area contributed by atoms with Gasteiger partial charge in [0.1, 0.15) is 23.1 Å². The third kappa shape index (κ3) is 4.85. The van der Waals surface area contributed by atoms with Gasteiger partial charge < -0.3 is 24.7 Å². The Morgan fingerprint density at radius 1 is 1.15 bits per heavy atom. The SMILES string of the molecule is CCN(CC)CCCN1C(=O)C(=O)/C(=C(/O)c2ccc(OC)cc2O)C1c1ccccc1F. The number of amides is 1. The Bertz CT molecular complexity index is 1060. The summed E-state index contributed by atoms with van der Waals surface area (Å²) in [7, 11) is 1.43. The number of benzene rings is 2. The molecule has 1 saturated heterocycles. The van der Waals surface area contributed by atoms with E-state index in [0.29, 0.717) is 18.7 Å². The smallest absolute Gasteiger partial charge is 0.295 e. The van der Waals surface area contributed by atoms with Gasteiger partial charge in [0.05, 0.1) is 24.3 Å². The van der Waals surface area contributed by atoms with Crippen LogP contribution in [0.25, 0.3) is 5.76 Å². The van der Waals surface area contributed by atoms with Gasteiger partial charge in [0.15, 0.2) is 0 Å². The number of rotatable bonds is 9. The van der Waals surface area contributed by atoms with Crippen LogP contribution in [0.5, 0.6) is 11.5 Å². The van der Waals surface area contributed by atoms with Crippen molar-refractivity contribution < 1.29 is 28.9 Å². The Balaban J connectivity index is 2.08. The number of phenols is 1. The summed E-state index contributed by atoms with van der Waals surface area (Å²) in [6.45, 7) is 6.70. The van der Waals surface area contributed by atoms with Gasteiger partial charge in [0.2, 0.25) is 0 Å². The number of nitrogens with zero attached hydrogens (tertiary/aromatic N) is 2. The molecule has 0 saturated carbocycles. The van der Waals surface area contributed by atoms with Crippen molar-refractivity contribution in [3.05, 3.63) is 65.0 Å². The second-order valence-electron chi connectivity index (χ2n) is 7.78. The van der Waals surface area contributed by atoms with Gasteiger partial charge >= 0.3 is 0 Å². The summed E-state index contributed by atoms with van der Waals surface area (Å²) in [5.74, 6) is -2.86. The number of hydrogen-bond donors (Lipinski definition) is 2. The molecule has 8 heteroatoms. The van der Waals surface area contributed by atoms with Crippen LogP contribution >= 0.6 is 0 Å². The predicted molar refractivity (Wildman–Crippen MR) is 122 cm³/mol. The molecule has 0 radical (unpaired) electrons. The number of aromatic hydroxyl groups is 1. The largest absolute Gasteiger partial charge is 0.507 e. The number of aliphatic hydroxyl groups is 1. The van der Waals surface area contributed by atoms with Gasteiger partial charge in [0, 0.05) is 18.2 Å². The third-order valence-corrected chi connectivity index (χ3v) is 5.97. The lowest BCUT2D eigenvalue weighted by molar-refractivity contribution is -0.140. The van der Waals surface area contributed by atoms with E-state index in [-0.39, 0.29) is 29.0 Å². The highest BCUT2D eigenvalue weighted by Crippen LogP contribution is 2.42. The maximum Gasteiger partial charge on any atom is 0.295 e. The zero-order chi connectivity index (χ0) is 24.1. The summed E-state index contributed by atoms with van der Waals surface area (Å²) in [5, 5.41) is 21.4. The normalized spacial score (nSPS) is 17.7. The molecule has 1 atom stereocenters. The van der Waals surface area contributed by atoms with Gasteiger partial charge in [0.25, 0.3) is 11.7 Å². The molecule has 1 amide bonds. The lowest BCUT2D eigenvalue weighted by Crippen LogP contribution is -2.33. The Kier molecular flexibility index (Phi) is 7.71. The van der Waals surface area contributed by atoms with Crippen LogP contribution in [-0.4, -0.2) is 65.0 Å². The molecule has 1 heterocycles. The Labute approximate surface area is 192 Å². The highest BCUT2D eigenvalue weighted by atomic mass is 19.1. The number of halogens is 1. The minimum Gasteiger partial charge on any atom is -0.507 e. The number of likely N-dealkylation sites (tertiary alicyclic amines) is 1. The maximum absolute atomic E-state index is 14.8. The minimum absolute atomic E-state index is 0.0433. The van der Waals surface area contributed by atoms with Crippen LogP contribution in [-0.2, 0) is 9.59 Å². The molecule has 1 aliphatic rings. The zero-order valence-electron chi connectivity index (χ0n) is 19.0. The average Bonchev–Trinajstić information content (AvgIpc) is 3.06. The molecular formula is C25H29FN2O5. The lowest BCUT2D eigenvalue weighted by Gasteiger charge is -2.27. The molecule has 0 aliphatic carbocycles. The van der Waals surface area contributed by atoms with Gasteiger partial charge in [-0.2, -0.15) is 0 Å². The number of hydrogen-bond acceptors (Lipinski definition) is 6. The summed E-state index contributed by atoms with van der Waals surface area (Å²) < 4.78 is 19.9. The Morgan fingerprint density at radius 2 is 1.85 bits per heavy atom. The highest BCUT2D eigenvalue weighted by molar-refractivity contribution is 6.46. The molecular weight excluding hydrogens is 427 g/mol. The van der Waals surface area contributed by atoms with Gasteiger partial charge in [-0.3, -0.25) is 9.59 Å². The Morgan fingerprint density at radius 3 is 2.45 bits per heavy atom. The number of Topliss-reactive ketones (excluding diaryl/α,β-unsaturated/α-hetero) is 1. The van der Waals surface area contributed by atoms with E-state index in [1.54, 1.807) is 6.07 Å². The minimum atomic E-state index is -1.11. The number of phenolic OH excluding ortho intramolecular Hbond substituents is 1. The lowest BCUT2D eigenvalue weighted by atomic mass is 9.94. The number of methoxy groups -OCH3 is 1. The van der Waals surface area contributed by atoms with E-state index < -0.39 is 29.3 Å². The molecule has 2 aromatic carbocycles. The fraction of sp³-hybridized carbons (Fsp3) is 0.360. The first kappa shape index (κ1) is 24.3. The second-order valence-corrected chi connectivity index (χ2v) is 7.78. The fourth-order valence-electron chi connectivity index (χ4n) is 4.12. The molecule has 3 rings (SSSR count). The summed E-state index contributed by atoms with van der Waals surface area (Å²) in [5.41, 5.74) is -0.194. The molecule has 33 heavy (non-hydrogen) atoms. The average molecular weight is 457 g/mol. The first-order valence-electron chi connectivity index (χ1n) is 11.0. The van der Waals surface area contributed by atoms with Gasteiger partial charge in [-0.05, 0) is 44.3 Å². The summed E-state index contributed by atoms with van der Waals surface area (Å²) in [6, 6.07) is 8.93.